The quantitative estimate of drug-likeness (QED) is 0.491. The number of nitrogens with zero attached hydrogens (tertiary/aromatic N) is 3. The second-order valence-corrected chi connectivity index (χ2v) is 7.84. The van der Waals surface area contributed by atoms with Gasteiger partial charge in [0.25, 0.3) is 0 Å². The standard InChI is InChI=1S/C22H26N4O4/c1-22(2,3)30-21(28)24-8-5-10-26-11-7-15-12-18(25-14-19(15)26)17-13-16(6-9-23-17)20(27)29-4/h6-7,9,11-14H,5,8,10H2,1-4H3,(H,24,28). The van der Waals surface area contributed by atoms with E-state index < -0.39 is 17.7 Å². The molecule has 0 spiro atoms. The SMILES string of the molecule is COC(=O)c1ccnc(-c2cc3ccn(CCCNC(=O)OC(C)(C)C)c3cn2)c1. The molecule has 0 aromatic carbocycles. The second-order valence-electron chi connectivity index (χ2n) is 7.84. The van der Waals surface area contributed by atoms with E-state index in [1.807, 2.05) is 39.1 Å². The Morgan fingerprint density at radius 3 is 2.63 bits per heavy atom. The molecule has 3 heterocycles. The van der Waals surface area contributed by atoms with Crippen LogP contribution in [0.5, 0.6) is 0 Å². The number of alkyl carbamates (subject to hydrolysis) is 1. The lowest BCUT2D eigenvalue weighted by atomic mass is 10.1. The molecule has 8 nitrogen and oxygen atoms in total. The number of methoxy groups -OCH3 is 1. The van der Waals surface area contributed by atoms with Gasteiger partial charge in [0.2, 0.25) is 0 Å². The predicted octanol–water partition coefficient (Wildman–Crippen LogP) is 3.80. The van der Waals surface area contributed by atoms with E-state index >= 15 is 0 Å². The molecule has 3 rings (SSSR count). The van der Waals surface area contributed by atoms with Crippen LogP contribution in [0.25, 0.3) is 22.3 Å². The number of fused-ring (bicyclic) bond motifs is 1. The Morgan fingerprint density at radius 1 is 1.13 bits per heavy atom. The molecule has 1 amide bonds. The smallest absolute Gasteiger partial charge is 0.407 e. The summed E-state index contributed by atoms with van der Waals surface area (Å²) in [5.74, 6) is -0.411. The van der Waals surface area contributed by atoms with Gasteiger partial charge in [-0.05, 0) is 51.5 Å². The molecule has 30 heavy (non-hydrogen) atoms. The zero-order valence-electron chi connectivity index (χ0n) is 17.6. The normalized spacial score (nSPS) is 11.3. The lowest BCUT2D eigenvalue weighted by Crippen LogP contribution is -2.33. The van der Waals surface area contributed by atoms with Crippen molar-refractivity contribution in [3.05, 3.63) is 48.4 Å². The fourth-order valence-electron chi connectivity index (χ4n) is 2.99. The van der Waals surface area contributed by atoms with Crippen molar-refractivity contribution in [2.24, 2.45) is 0 Å². The predicted molar refractivity (Wildman–Crippen MR) is 113 cm³/mol. The first-order valence-corrected chi connectivity index (χ1v) is 9.73. The number of aromatic nitrogens is 3. The molecule has 0 unspecified atom stereocenters. The Hall–Kier alpha value is -3.42. The monoisotopic (exact) mass is 410 g/mol. The van der Waals surface area contributed by atoms with Crippen LogP contribution in [-0.2, 0) is 16.0 Å². The highest BCUT2D eigenvalue weighted by atomic mass is 16.6. The third-order valence-corrected chi connectivity index (χ3v) is 4.34. The molecule has 0 saturated heterocycles. The lowest BCUT2D eigenvalue weighted by molar-refractivity contribution is 0.0525. The van der Waals surface area contributed by atoms with Gasteiger partial charge in [-0.25, -0.2) is 9.59 Å². The fourth-order valence-corrected chi connectivity index (χ4v) is 2.99. The summed E-state index contributed by atoms with van der Waals surface area (Å²) in [6.45, 7) is 6.75. The van der Waals surface area contributed by atoms with Crippen molar-refractivity contribution in [2.75, 3.05) is 13.7 Å². The number of hydrogen-bond acceptors (Lipinski definition) is 6. The Labute approximate surface area is 175 Å². The summed E-state index contributed by atoms with van der Waals surface area (Å²) < 4.78 is 12.1. The lowest BCUT2D eigenvalue weighted by Gasteiger charge is -2.19. The van der Waals surface area contributed by atoms with Gasteiger partial charge in [-0.3, -0.25) is 9.97 Å². The maximum Gasteiger partial charge on any atom is 0.407 e. The van der Waals surface area contributed by atoms with Crippen molar-refractivity contribution in [3.8, 4) is 11.4 Å². The Kier molecular flexibility index (Phi) is 6.34. The minimum absolute atomic E-state index is 0.409. The molecule has 3 aromatic heterocycles. The van der Waals surface area contributed by atoms with Crippen molar-refractivity contribution >= 4 is 23.0 Å². The van der Waals surface area contributed by atoms with Crippen LogP contribution in [0, 0.1) is 0 Å². The van der Waals surface area contributed by atoms with E-state index in [-0.39, 0.29) is 0 Å². The minimum Gasteiger partial charge on any atom is -0.465 e. The summed E-state index contributed by atoms with van der Waals surface area (Å²) >= 11 is 0. The van der Waals surface area contributed by atoms with Gasteiger partial charge in [0, 0.05) is 30.9 Å². The molecule has 158 valence electrons. The van der Waals surface area contributed by atoms with Crippen molar-refractivity contribution in [2.45, 2.75) is 39.3 Å². The molecule has 0 aliphatic rings. The van der Waals surface area contributed by atoms with Crippen LogP contribution < -0.4 is 5.32 Å². The number of rotatable bonds is 6. The number of aryl methyl sites for hydroxylation is 1. The van der Waals surface area contributed by atoms with Crippen molar-refractivity contribution in [3.63, 3.8) is 0 Å². The molecule has 0 bridgehead atoms. The van der Waals surface area contributed by atoms with E-state index in [0.717, 1.165) is 23.9 Å². The van der Waals surface area contributed by atoms with Gasteiger partial charge in [0.05, 0.1) is 35.8 Å². The van der Waals surface area contributed by atoms with Crippen molar-refractivity contribution in [1.29, 1.82) is 0 Å². The molecule has 0 aliphatic carbocycles. The van der Waals surface area contributed by atoms with Gasteiger partial charge in [0.1, 0.15) is 5.60 Å². The number of nitrogens with one attached hydrogen (secondary N) is 1. The third-order valence-electron chi connectivity index (χ3n) is 4.34. The first kappa shape index (κ1) is 21.3. The summed E-state index contributed by atoms with van der Waals surface area (Å²) in [4.78, 5) is 32.3. The van der Waals surface area contributed by atoms with Crippen LogP contribution >= 0.6 is 0 Å². The molecule has 1 N–H and O–H groups in total. The van der Waals surface area contributed by atoms with E-state index in [1.54, 1.807) is 24.5 Å². The van der Waals surface area contributed by atoms with Crippen LogP contribution in [0.3, 0.4) is 0 Å². The molecular weight excluding hydrogens is 384 g/mol. The van der Waals surface area contributed by atoms with E-state index in [1.165, 1.54) is 7.11 Å². The maximum atomic E-state index is 11.7. The molecule has 0 radical (unpaired) electrons. The van der Waals surface area contributed by atoms with Gasteiger partial charge < -0.3 is 19.4 Å². The summed E-state index contributed by atoms with van der Waals surface area (Å²) in [5, 5.41) is 3.78. The summed E-state index contributed by atoms with van der Waals surface area (Å²) in [7, 11) is 1.35. The Morgan fingerprint density at radius 2 is 1.90 bits per heavy atom. The van der Waals surface area contributed by atoms with E-state index in [9.17, 15) is 9.59 Å². The average Bonchev–Trinajstić information content (AvgIpc) is 3.11. The van der Waals surface area contributed by atoms with E-state index in [2.05, 4.69) is 19.9 Å². The van der Waals surface area contributed by atoms with E-state index in [0.29, 0.717) is 23.5 Å². The summed E-state index contributed by atoms with van der Waals surface area (Å²) in [6, 6.07) is 7.22. The molecule has 0 saturated carbocycles. The number of ether oxygens (including phenoxy) is 2. The number of pyridine rings is 2. The summed E-state index contributed by atoms with van der Waals surface area (Å²) in [5.41, 5.74) is 2.20. The largest absolute Gasteiger partial charge is 0.465 e. The highest BCUT2D eigenvalue weighted by molar-refractivity contribution is 5.90. The Balaban J connectivity index is 1.65. The van der Waals surface area contributed by atoms with Crippen LogP contribution in [-0.4, -0.2) is 45.9 Å². The van der Waals surface area contributed by atoms with Gasteiger partial charge in [0.15, 0.2) is 0 Å². The van der Waals surface area contributed by atoms with Crippen molar-refractivity contribution in [1.82, 2.24) is 19.9 Å². The topological polar surface area (TPSA) is 95.3 Å². The van der Waals surface area contributed by atoms with Crippen LogP contribution in [0.1, 0.15) is 37.6 Å². The average molecular weight is 410 g/mol. The fraction of sp³-hybridized carbons (Fsp3) is 0.364. The number of carbonyl (C=O) groups excluding carboxylic acids is 2. The molecular formula is C22H26N4O4. The molecule has 0 fully saturated rings. The molecule has 3 aromatic rings. The number of carbonyl (C=O) groups is 2. The number of hydrogen-bond donors (Lipinski definition) is 1. The van der Waals surface area contributed by atoms with Crippen LogP contribution in [0.15, 0.2) is 42.9 Å². The maximum absolute atomic E-state index is 11.7. The highest BCUT2D eigenvalue weighted by Gasteiger charge is 2.15. The van der Waals surface area contributed by atoms with E-state index in [4.69, 9.17) is 9.47 Å². The van der Waals surface area contributed by atoms with Gasteiger partial charge in [-0.1, -0.05) is 0 Å². The molecule has 0 atom stereocenters. The van der Waals surface area contributed by atoms with Gasteiger partial charge >= 0.3 is 12.1 Å². The zero-order chi connectivity index (χ0) is 21.7. The first-order valence-electron chi connectivity index (χ1n) is 9.73. The van der Waals surface area contributed by atoms with Gasteiger partial charge in [-0.2, -0.15) is 0 Å². The minimum atomic E-state index is -0.505. The number of amides is 1. The van der Waals surface area contributed by atoms with Crippen LogP contribution in [0.2, 0.25) is 0 Å². The van der Waals surface area contributed by atoms with Gasteiger partial charge in [-0.15, -0.1) is 0 Å². The summed E-state index contributed by atoms with van der Waals surface area (Å²) in [6.07, 6.45) is 5.69. The second kappa shape index (κ2) is 8.94. The van der Waals surface area contributed by atoms with Crippen LogP contribution in [0.4, 0.5) is 4.79 Å². The first-order chi connectivity index (χ1) is 14.3. The molecule has 0 aliphatic heterocycles. The zero-order valence-corrected chi connectivity index (χ0v) is 17.6. The Bertz CT molecular complexity index is 1050. The van der Waals surface area contributed by atoms with Crippen molar-refractivity contribution < 1.29 is 19.1 Å². The highest BCUT2D eigenvalue weighted by Crippen LogP contribution is 2.22. The third kappa shape index (κ3) is 5.34. The number of esters is 1. The molecule has 8 heteroatoms.